The molecule has 0 atom stereocenters. The van der Waals surface area contributed by atoms with E-state index in [2.05, 4.69) is 0 Å². The zero-order valence-corrected chi connectivity index (χ0v) is 16.9. The van der Waals surface area contributed by atoms with Crippen molar-refractivity contribution in [1.29, 1.82) is 0 Å². The average molecular weight is 382 g/mol. The molecule has 0 unspecified atom stereocenters. The molecule has 2 rings (SSSR count). The van der Waals surface area contributed by atoms with Crippen LogP contribution in [0.5, 0.6) is 23.0 Å². The van der Waals surface area contributed by atoms with E-state index in [0.717, 1.165) is 16.9 Å². The molecule has 2 aromatic carbocycles. The summed E-state index contributed by atoms with van der Waals surface area (Å²) < 4.78 is 15.8. The van der Waals surface area contributed by atoms with Gasteiger partial charge in [0.2, 0.25) is 0 Å². The minimum absolute atomic E-state index is 0.116. The van der Waals surface area contributed by atoms with Crippen molar-refractivity contribution in [3.8, 4) is 23.0 Å². The molecular weight excluding hydrogens is 356 g/mol. The molecule has 0 amide bonds. The van der Waals surface area contributed by atoms with E-state index in [0.29, 0.717) is 17.7 Å². The molecule has 28 heavy (non-hydrogen) atoms. The van der Waals surface area contributed by atoms with Gasteiger partial charge in [0.25, 0.3) is 0 Å². The van der Waals surface area contributed by atoms with Gasteiger partial charge in [-0.1, -0.05) is 29.9 Å². The monoisotopic (exact) mass is 382 g/mol. The van der Waals surface area contributed by atoms with E-state index in [1.165, 1.54) is 20.3 Å². The van der Waals surface area contributed by atoms with Gasteiger partial charge in [0.1, 0.15) is 28.6 Å². The number of ether oxygens (including phenoxy) is 3. The van der Waals surface area contributed by atoms with Crippen molar-refractivity contribution in [2.24, 2.45) is 0 Å². The highest BCUT2D eigenvalue weighted by Gasteiger charge is 2.22. The second-order valence-corrected chi connectivity index (χ2v) is 6.44. The van der Waals surface area contributed by atoms with Crippen molar-refractivity contribution < 1.29 is 24.1 Å². The Bertz CT molecular complexity index is 888. The Balaban J connectivity index is 2.43. The van der Waals surface area contributed by atoms with Gasteiger partial charge in [-0.15, -0.1) is 0 Å². The first-order chi connectivity index (χ1) is 13.4. The van der Waals surface area contributed by atoms with Crippen molar-refractivity contribution in [3.63, 3.8) is 0 Å². The fourth-order valence-electron chi connectivity index (χ4n) is 2.72. The van der Waals surface area contributed by atoms with E-state index < -0.39 is 0 Å². The third-order valence-corrected chi connectivity index (χ3v) is 4.27. The Hall–Kier alpha value is -3.21. The molecule has 5 heteroatoms. The number of hydrogen-bond acceptors (Lipinski definition) is 5. The summed E-state index contributed by atoms with van der Waals surface area (Å²) in [5, 5.41) is 10.8. The van der Waals surface area contributed by atoms with E-state index in [1.807, 2.05) is 44.2 Å². The number of rotatable bonds is 8. The lowest BCUT2D eigenvalue weighted by Crippen LogP contribution is -2.04. The third kappa shape index (κ3) is 4.94. The molecule has 0 heterocycles. The molecule has 0 aliphatic rings. The third-order valence-electron chi connectivity index (χ3n) is 4.27. The molecule has 148 valence electrons. The Morgan fingerprint density at radius 3 is 2.18 bits per heavy atom. The van der Waals surface area contributed by atoms with E-state index in [4.69, 9.17) is 14.2 Å². The molecule has 0 aliphatic heterocycles. The summed E-state index contributed by atoms with van der Waals surface area (Å²) in [6.07, 6.45) is 5.51. The second kappa shape index (κ2) is 9.65. The molecule has 0 radical (unpaired) electrons. The predicted molar refractivity (Wildman–Crippen MR) is 111 cm³/mol. The van der Waals surface area contributed by atoms with Crippen LogP contribution < -0.4 is 14.2 Å². The molecule has 0 spiro atoms. The summed E-state index contributed by atoms with van der Waals surface area (Å²) in [5.41, 5.74) is 2.60. The number of aromatic hydroxyl groups is 1. The Labute approximate surface area is 165 Å². The quantitative estimate of drug-likeness (QED) is 0.403. The largest absolute Gasteiger partial charge is 0.507 e. The van der Waals surface area contributed by atoms with Gasteiger partial charge >= 0.3 is 0 Å². The molecule has 0 fully saturated rings. The Kier molecular flexibility index (Phi) is 7.27. The summed E-state index contributed by atoms with van der Waals surface area (Å²) in [6, 6.07) is 8.94. The molecule has 0 saturated heterocycles. The molecule has 1 N–H and O–H groups in total. The number of ketones is 1. The van der Waals surface area contributed by atoms with E-state index in [9.17, 15) is 9.90 Å². The van der Waals surface area contributed by atoms with Crippen LogP contribution in [0.4, 0.5) is 0 Å². The number of allylic oxidation sites excluding steroid dienone is 3. The van der Waals surface area contributed by atoms with Gasteiger partial charge in [-0.05, 0) is 44.0 Å². The summed E-state index contributed by atoms with van der Waals surface area (Å²) in [4.78, 5) is 12.8. The number of phenolic OH excluding ortho intramolecular Hbond substituents is 1. The number of methoxy groups -OCH3 is 3. The average Bonchev–Trinajstić information content (AvgIpc) is 2.70. The van der Waals surface area contributed by atoms with Crippen molar-refractivity contribution >= 4 is 11.9 Å². The van der Waals surface area contributed by atoms with E-state index >= 15 is 0 Å². The van der Waals surface area contributed by atoms with Crippen molar-refractivity contribution in [2.75, 3.05) is 21.3 Å². The fourth-order valence-corrected chi connectivity index (χ4v) is 2.72. The lowest BCUT2D eigenvalue weighted by atomic mass is 9.99. The molecule has 0 saturated carbocycles. The van der Waals surface area contributed by atoms with Crippen LogP contribution in [-0.2, 0) is 6.42 Å². The first-order valence-electron chi connectivity index (χ1n) is 8.87. The van der Waals surface area contributed by atoms with E-state index in [1.54, 1.807) is 19.3 Å². The molecular formula is C23H26O5. The molecule has 0 aliphatic carbocycles. The van der Waals surface area contributed by atoms with Crippen LogP contribution in [0.2, 0.25) is 0 Å². The maximum Gasteiger partial charge on any atom is 0.193 e. The number of carbonyl (C=O) groups is 1. The maximum atomic E-state index is 12.8. The van der Waals surface area contributed by atoms with Crippen LogP contribution >= 0.6 is 0 Å². The highest BCUT2D eigenvalue weighted by atomic mass is 16.5. The Morgan fingerprint density at radius 2 is 1.64 bits per heavy atom. The minimum Gasteiger partial charge on any atom is -0.507 e. The summed E-state index contributed by atoms with van der Waals surface area (Å²) in [6.45, 7) is 3.94. The summed E-state index contributed by atoms with van der Waals surface area (Å²) in [7, 11) is 4.57. The highest BCUT2D eigenvalue weighted by molar-refractivity contribution is 6.11. The zero-order valence-electron chi connectivity index (χ0n) is 16.9. The van der Waals surface area contributed by atoms with Crippen LogP contribution in [0.3, 0.4) is 0 Å². The van der Waals surface area contributed by atoms with Crippen LogP contribution in [0.15, 0.2) is 48.1 Å². The van der Waals surface area contributed by atoms with Crippen molar-refractivity contribution in [1.82, 2.24) is 0 Å². The van der Waals surface area contributed by atoms with Gasteiger partial charge in [0, 0.05) is 11.6 Å². The number of phenols is 1. The van der Waals surface area contributed by atoms with Gasteiger partial charge in [0.15, 0.2) is 5.78 Å². The highest BCUT2D eigenvalue weighted by Crippen LogP contribution is 2.39. The second-order valence-electron chi connectivity index (χ2n) is 6.44. The van der Waals surface area contributed by atoms with Gasteiger partial charge in [-0.25, -0.2) is 0 Å². The van der Waals surface area contributed by atoms with Gasteiger partial charge in [0.05, 0.1) is 21.3 Å². The van der Waals surface area contributed by atoms with Crippen LogP contribution in [-0.4, -0.2) is 32.2 Å². The number of carbonyl (C=O) groups excluding carboxylic acids is 1. The lowest BCUT2D eigenvalue weighted by Gasteiger charge is -2.15. The zero-order chi connectivity index (χ0) is 20.7. The minimum atomic E-state index is -0.355. The molecule has 2 aromatic rings. The molecule has 5 nitrogen and oxygen atoms in total. The smallest absolute Gasteiger partial charge is 0.193 e. The van der Waals surface area contributed by atoms with Gasteiger partial charge in [-0.2, -0.15) is 0 Å². The first kappa shape index (κ1) is 21.1. The molecule has 0 bridgehead atoms. The van der Waals surface area contributed by atoms with Gasteiger partial charge < -0.3 is 19.3 Å². The van der Waals surface area contributed by atoms with Crippen LogP contribution in [0.25, 0.3) is 6.08 Å². The van der Waals surface area contributed by atoms with Crippen molar-refractivity contribution in [2.45, 2.75) is 20.3 Å². The number of benzene rings is 2. The van der Waals surface area contributed by atoms with Crippen molar-refractivity contribution in [3.05, 3.63) is 64.7 Å². The SMILES string of the molecule is COc1ccc(/C=C/C(=O)c2c(OC)cc(OC)c(CC=C(C)C)c2O)cc1. The number of hydrogen-bond donors (Lipinski definition) is 1. The normalized spacial score (nSPS) is 10.6. The topological polar surface area (TPSA) is 65.0 Å². The van der Waals surface area contributed by atoms with E-state index in [-0.39, 0.29) is 22.8 Å². The summed E-state index contributed by atoms with van der Waals surface area (Å²) >= 11 is 0. The lowest BCUT2D eigenvalue weighted by molar-refractivity contribution is 0.104. The van der Waals surface area contributed by atoms with Gasteiger partial charge in [-0.3, -0.25) is 4.79 Å². The van der Waals surface area contributed by atoms with Crippen LogP contribution in [0.1, 0.15) is 35.3 Å². The van der Waals surface area contributed by atoms with Crippen LogP contribution in [0, 0.1) is 0 Å². The summed E-state index contributed by atoms with van der Waals surface area (Å²) in [5.74, 6) is 0.994. The first-order valence-corrected chi connectivity index (χ1v) is 8.87. The fraction of sp³-hybridized carbons (Fsp3) is 0.261. The predicted octanol–water partition coefficient (Wildman–Crippen LogP) is 4.82. The maximum absolute atomic E-state index is 12.8. The Morgan fingerprint density at radius 1 is 1.00 bits per heavy atom. The molecule has 0 aromatic heterocycles. The standard InChI is InChI=1S/C23H26O5/c1-15(2)6-12-18-20(27-4)14-21(28-5)22(23(18)25)19(24)13-9-16-7-10-17(26-3)11-8-16/h6-11,13-14,25H,12H2,1-5H3/b13-9+.